The van der Waals surface area contributed by atoms with Crippen molar-refractivity contribution in [3.63, 3.8) is 0 Å². The van der Waals surface area contributed by atoms with Crippen LogP contribution in [0.15, 0.2) is 0 Å². The summed E-state index contributed by atoms with van der Waals surface area (Å²) in [4.78, 5) is 0.214. The van der Waals surface area contributed by atoms with Crippen molar-refractivity contribution in [3.8, 4) is 0 Å². The van der Waals surface area contributed by atoms with E-state index in [9.17, 15) is 0 Å². The third kappa shape index (κ3) is 8.09. The minimum Gasteiger partial charge on any atom is -0.377 e. The Morgan fingerprint density at radius 1 is 0.792 bits per heavy atom. The quantitative estimate of drug-likeness (QED) is 0.193. The summed E-state index contributed by atoms with van der Waals surface area (Å²) >= 11 is 0. The van der Waals surface area contributed by atoms with Gasteiger partial charge in [0.1, 0.15) is 0 Å². The molecule has 0 aliphatic heterocycles. The minimum absolute atomic E-state index is 0.214. The summed E-state index contributed by atoms with van der Waals surface area (Å²) < 4.78 is 32.9. The molecule has 0 radical (unpaired) electrons. The van der Waals surface area contributed by atoms with Crippen molar-refractivity contribution in [3.05, 3.63) is 0 Å². The highest BCUT2D eigenvalue weighted by Gasteiger charge is 2.47. The molecule has 0 aromatic heterocycles. The third-order valence-electron chi connectivity index (χ3n) is 3.49. The van der Waals surface area contributed by atoms with Crippen LogP contribution in [0.4, 0.5) is 0 Å². The summed E-state index contributed by atoms with van der Waals surface area (Å²) in [5, 5.41) is 0. The first-order chi connectivity index (χ1) is 11.5. The lowest BCUT2D eigenvalue weighted by Gasteiger charge is -2.30. The Balaban J connectivity index is 4.04. The lowest BCUT2D eigenvalue weighted by Crippen LogP contribution is -2.52. The predicted molar refractivity (Wildman–Crippen MR) is 112 cm³/mol. The van der Waals surface area contributed by atoms with Crippen molar-refractivity contribution < 1.29 is 26.6 Å². The molecule has 1 atom stereocenters. The molecule has 0 bridgehead atoms. The maximum absolute atomic E-state index is 5.57. The number of hydrogen-bond acceptors (Lipinski definition) is 10. The van der Waals surface area contributed by atoms with Gasteiger partial charge >= 0.3 is 17.6 Å². The van der Waals surface area contributed by atoms with Crippen molar-refractivity contribution in [1.82, 2.24) is 0 Å². The zero-order valence-electron chi connectivity index (χ0n) is 15.5. The van der Waals surface area contributed by atoms with Gasteiger partial charge in [-0.15, -0.1) is 0 Å². The molecule has 146 valence electrons. The zero-order chi connectivity index (χ0) is 18.5. The monoisotopic (exact) mass is 454 g/mol. The highest BCUT2D eigenvalue weighted by atomic mass is 33.7. The van der Waals surface area contributed by atoms with E-state index < -0.39 is 17.6 Å². The lowest BCUT2D eigenvalue weighted by atomic mass is 10.6. The first kappa shape index (κ1) is 25.6. The van der Waals surface area contributed by atoms with Gasteiger partial charge in [0.25, 0.3) is 0 Å². The molecule has 6 nitrogen and oxygen atoms in total. The van der Waals surface area contributed by atoms with Crippen molar-refractivity contribution >= 4 is 58.8 Å². The summed E-state index contributed by atoms with van der Waals surface area (Å²) in [6.45, 7) is 2.12. The van der Waals surface area contributed by atoms with Crippen LogP contribution in [0.3, 0.4) is 0 Å². The van der Waals surface area contributed by atoms with Gasteiger partial charge in [0.2, 0.25) is 0 Å². The Bertz CT molecular complexity index is 295. The van der Waals surface area contributed by atoms with E-state index in [4.69, 9.17) is 26.6 Å². The fraction of sp³-hybridized carbons (Fsp3) is 1.00. The van der Waals surface area contributed by atoms with Crippen LogP contribution in [0.5, 0.6) is 0 Å². The van der Waals surface area contributed by atoms with Gasteiger partial charge in [0.15, 0.2) is 0 Å². The van der Waals surface area contributed by atoms with E-state index in [0.717, 1.165) is 24.6 Å². The van der Waals surface area contributed by atoms with E-state index in [1.807, 2.05) is 10.8 Å². The van der Waals surface area contributed by atoms with Crippen LogP contribution in [0.1, 0.15) is 19.8 Å². The molecule has 0 aromatic rings. The Hall–Kier alpha value is 1.59. The minimum atomic E-state index is -2.59. The molecule has 0 heterocycles. The first-order valence-electron chi connectivity index (χ1n) is 7.46. The summed E-state index contributed by atoms with van der Waals surface area (Å²) in [6.07, 6.45) is 1.93. The van der Waals surface area contributed by atoms with Crippen LogP contribution in [0.2, 0.25) is 6.04 Å². The standard InChI is InChI=1S/C12H30O6S4Si2/c1-8-12(24(16-5,17-6)18-7)20-22-21-19-10-9-11-23(13-2,14-3)15-4/h12H,8-11H2,1-7H3. The third-order valence-corrected chi connectivity index (χ3v) is 17.7. The van der Waals surface area contributed by atoms with Crippen LogP contribution >= 0.6 is 41.2 Å². The van der Waals surface area contributed by atoms with Crippen molar-refractivity contribution in [2.75, 3.05) is 48.4 Å². The fourth-order valence-corrected chi connectivity index (χ4v) is 15.4. The molecule has 0 rings (SSSR count). The molecule has 0 aliphatic carbocycles. The van der Waals surface area contributed by atoms with Crippen LogP contribution in [-0.2, 0) is 26.6 Å². The highest BCUT2D eigenvalue weighted by Crippen LogP contribution is 2.47. The fourth-order valence-electron chi connectivity index (χ4n) is 2.04. The SMILES string of the molecule is CCC(SSSSCCC[Si](OC)(OC)OC)[Si](OC)(OC)OC. The van der Waals surface area contributed by atoms with Crippen molar-refractivity contribution in [2.24, 2.45) is 0 Å². The molecule has 1 unspecified atom stereocenters. The molecule has 0 aromatic carbocycles. The van der Waals surface area contributed by atoms with Gasteiger partial charge in [0.05, 0.1) is 4.87 Å². The molecular weight excluding hydrogens is 425 g/mol. The van der Waals surface area contributed by atoms with E-state index >= 15 is 0 Å². The van der Waals surface area contributed by atoms with Crippen LogP contribution in [-0.4, -0.2) is 70.9 Å². The van der Waals surface area contributed by atoms with Crippen molar-refractivity contribution in [1.29, 1.82) is 0 Å². The molecular formula is C12H30O6S4Si2. The predicted octanol–water partition coefficient (Wildman–Crippen LogP) is 4.13. The molecule has 12 heteroatoms. The van der Waals surface area contributed by atoms with Crippen LogP contribution in [0, 0.1) is 0 Å². The maximum Gasteiger partial charge on any atom is 0.514 e. The zero-order valence-corrected chi connectivity index (χ0v) is 20.8. The molecule has 0 saturated heterocycles. The topological polar surface area (TPSA) is 55.4 Å². The summed E-state index contributed by atoms with van der Waals surface area (Å²) in [7, 11) is 12.0. The Morgan fingerprint density at radius 3 is 1.75 bits per heavy atom. The van der Waals surface area contributed by atoms with E-state index in [2.05, 4.69) is 6.92 Å². The number of rotatable bonds is 16. The van der Waals surface area contributed by atoms with Crippen LogP contribution in [0.25, 0.3) is 0 Å². The molecule has 0 fully saturated rings. The normalized spacial score (nSPS) is 14.1. The van der Waals surface area contributed by atoms with Gasteiger partial charge < -0.3 is 26.6 Å². The molecule has 0 amide bonds. The average molecular weight is 455 g/mol. The van der Waals surface area contributed by atoms with E-state index in [1.54, 1.807) is 73.1 Å². The van der Waals surface area contributed by atoms with E-state index in [-0.39, 0.29) is 4.87 Å². The Labute approximate surface area is 164 Å². The van der Waals surface area contributed by atoms with Gasteiger partial charge in [-0.05, 0) is 32.5 Å². The summed E-state index contributed by atoms with van der Waals surface area (Å²) in [6, 6.07) is 0.826. The second-order valence-corrected chi connectivity index (χ2v) is 17.4. The van der Waals surface area contributed by atoms with E-state index in [0.29, 0.717) is 0 Å². The number of hydrogen-bond donors (Lipinski definition) is 0. The average Bonchev–Trinajstić information content (AvgIpc) is 2.64. The molecule has 24 heavy (non-hydrogen) atoms. The van der Waals surface area contributed by atoms with Gasteiger partial charge in [-0.25, -0.2) is 0 Å². The van der Waals surface area contributed by atoms with Gasteiger partial charge in [-0.1, -0.05) is 28.5 Å². The summed E-state index contributed by atoms with van der Waals surface area (Å²) in [5.41, 5.74) is 0. The molecule has 0 N–H and O–H groups in total. The second kappa shape index (κ2) is 14.6. The first-order valence-corrected chi connectivity index (χ1v) is 16.2. The lowest BCUT2D eigenvalue weighted by molar-refractivity contribution is 0.121. The second-order valence-electron chi connectivity index (χ2n) is 4.57. The van der Waals surface area contributed by atoms with Crippen molar-refractivity contribution in [2.45, 2.75) is 30.7 Å². The smallest absolute Gasteiger partial charge is 0.377 e. The Kier molecular flexibility index (Phi) is 15.6. The van der Waals surface area contributed by atoms with Gasteiger partial charge in [-0.3, -0.25) is 0 Å². The largest absolute Gasteiger partial charge is 0.514 e. The molecule has 0 spiro atoms. The Morgan fingerprint density at radius 2 is 1.33 bits per heavy atom. The van der Waals surface area contributed by atoms with Gasteiger partial charge in [-0.2, -0.15) is 0 Å². The molecule has 0 saturated carbocycles. The summed E-state index contributed by atoms with van der Waals surface area (Å²) in [5.74, 6) is 1.02. The maximum atomic E-state index is 5.57. The highest BCUT2D eigenvalue weighted by molar-refractivity contribution is 9.26. The van der Waals surface area contributed by atoms with Crippen LogP contribution < -0.4 is 0 Å². The van der Waals surface area contributed by atoms with Gasteiger partial charge in [0, 0.05) is 54.5 Å². The van der Waals surface area contributed by atoms with E-state index in [1.165, 1.54) is 0 Å². The molecule has 0 aliphatic rings.